The van der Waals surface area contributed by atoms with Crippen molar-refractivity contribution in [3.63, 3.8) is 0 Å². The van der Waals surface area contributed by atoms with Crippen molar-refractivity contribution >= 4 is 5.91 Å². The zero-order valence-electron chi connectivity index (χ0n) is 10.1. The number of nitrogens with one attached hydrogen (secondary N) is 2. The van der Waals surface area contributed by atoms with Gasteiger partial charge in [-0.1, -0.05) is 0 Å². The average molecular weight is 226 g/mol. The highest BCUT2D eigenvalue weighted by Crippen LogP contribution is 2.24. The highest BCUT2D eigenvalue weighted by molar-refractivity contribution is 5.79. The zero-order chi connectivity index (χ0) is 11.4. The maximum atomic E-state index is 11.9. The van der Waals surface area contributed by atoms with Crippen LogP contribution in [0.4, 0.5) is 0 Å². The summed E-state index contributed by atoms with van der Waals surface area (Å²) in [6.45, 7) is 5.44. The fourth-order valence-electron chi connectivity index (χ4n) is 2.47. The minimum absolute atomic E-state index is 0.127. The molecule has 0 aliphatic carbocycles. The molecule has 0 aromatic heterocycles. The first-order valence-corrected chi connectivity index (χ1v) is 6.32. The van der Waals surface area contributed by atoms with Crippen LogP contribution in [0.1, 0.15) is 32.6 Å². The van der Waals surface area contributed by atoms with Crippen molar-refractivity contribution in [2.45, 2.75) is 38.2 Å². The Morgan fingerprint density at radius 3 is 3.06 bits per heavy atom. The number of hydrogen-bond donors (Lipinski definition) is 2. The van der Waals surface area contributed by atoms with E-state index in [-0.39, 0.29) is 17.4 Å². The SMILES string of the molecule is CC1(CNC(=O)C2CCCNC2)CCCO1. The van der Waals surface area contributed by atoms with Crippen LogP contribution < -0.4 is 10.6 Å². The van der Waals surface area contributed by atoms with Crippen molar-refractivity contribution < 1.29 is 9.53 Å². The van der Waals surface area contributed by atoms with Gasteiger partial charge in [-0.2, -0.15) is 0 Å². The van der Waals surface area contributed by atoms with Gasteiger partial charge in [-0.15, -0.1) is 0 Å². The first kappa shape index (κ1) is 11.9. The molecule has 2 unspecified atom stereocenters. The molecule has 4 nitrogen and oxygen atoms in total. The summed E-state index contributed by atoms with van der Waals surface area (Å²) in [5, 5.41) is 6.29. The Morgan fingerprint density at radius 1 is 1.56 bits per heavy atom. The lowest BCUT2D eigenvalue weighted by Crippen LogP contribution is -2.45. The van der Waals surface area contributed by atoms with E-state index >= 15 is 0 Å². The second-order valence-electron chi connectivity index (χ2n) is 5.16. The number of amides is 1. The van der Waals surface area contributed by atoms with E-state index in [9.17, 15) is 4.79 Å². The molecule has 0 radical (unpaired) electrons. The zero-order valence-corrected chi connectivity index (χ0v) is 10.1. The van der Waals surface area contributed by atoms with Crippen LogP contribution in [0.25, 0.3) is 0 Å². The summed E-state index contributed by atoms with van der Waals surface area (Å²) in [5.74, 6) is 0.336. The first-order valence-electron chi connectivity index (χ1n) is 6.32. The topological polar surface area (TPSA) is 50.4 Å². The van der Waals surface area contributed by atoms with E-state index in [2.05, 4.69) is 17.6 Å². The lowest BCUT2D eigenvalue weighted by molar-refractivity contribution is -0.126. The molecule has 0 saturated carbocycles. The van der Waals surface area contributed by atoms with E-state index in [0.29, 0.717) is 6.54 Å². The Bertz CT molecular complexity index is 243. The number of piperidine rings is 1. The Morgan fingerprint density at radius 2 is 2.44 bits per heavy atom. The van der Waals surface area contributed by atoms with E-state index in [1.165, 1.54) is 0 Å². The third-order valence-corrected chi connectivity index (χ3v) is 3.60. The molecule has 2 aliphatic rings. The average Bonchev–Trinajstić information content (AvgIpc) is 2.75. The van der Waals surface area contributed by atoms with E-state index in [4.69, 9.17) is 4.74 Å². The predicted octanol–water partition coefficient (Wildman–Crippen LogP) is 0.671. The fourth-order valence-corrected chi connectivity index (χ4v) is 2.47. The predicted molar refractivity (Wildman–Crippen MR) is 62.2 cm³/mol. The fraction of sp³-hybridized carbons (Fsp3) is 0.917. The minimum Gasteiger partial charge on any atom is -0.373 e. The third-order valence-electron chi connectivity index (χ3n) is 3.60. The van der Waals surface area contributed by atoms with E-state index in [1.54, 1.807) is 0 Å². The van der Waals surface area contributed by atoms with Crippen LogP contribution in [0.3, 0.4) is 0 Å². The normalized spacial score (nSPS) is 34.9. The number of carbonyl (C=O) groups excluding carboxylic acids is 1. The summed E-state index contributed by atoms with van der Waals surface area (Å²) >= 11 is 0. The molecule has 92 valence electrons. The quantitative estimate of drug-likeness (QED) is 0.743. The molecule has 2 N–H and O–H groups in total. The monoisotopic (exact) mass is 226 g/mol. The summed E-state index contributed by atoms with van der Waals surface area (Å²) in [6.07, 6.45) is 4.27. The number of ether oxygens (including phenoxy) is 1. The van der Waals surface area contributed by atoms with Crippen LogP contribution >= 0.6 is 0 Å². The summed E-state index contributed by atoms with van der Waals surface area (Å²) < 4.78 is 5.65. The van der Waals surface area contributed by atoms with E-state index in [0.717, 1.165) is 45.4 Å². The largest absolute Gasteiger partial charge is 0.373 e. The second kappa shape index (κ2) is 5.15. The lowest BCUT2D eigenvalue weighted by atomic mass is 9.97. The van der Waals surface area contributed by atoms with Gasteiger partial charge in [0.1, 0.15) is 0 Å². The van der Waals surface area contributed by atoms with Crippen molar-refractivity contribution in [1.29, 1.82) is 0 Å². The molecule has 2 heterocycles. The van der Waals surface area contributed by atoms with Crippen molar-refractivity contribution in [2.24, 2.45) is 5.92 Å². The molecule has 1 amide bonds. The van der Waals surface area contributed by atoms with Gasteiger partial charge in [0, 0.05) is 19.7 Å². The maximum Gasteiger partial charge on any atom is 0.224 e. The van der Waals surface area contributed by atoms with Crippen LogP contribution in [-0.2, 0) is 9.53 Å². The van der Waals surface area contributed by atoms with E-state index in [1.807, 2.05) is 0 Å². The molecule has 2 aliphatic heterocycles. The highest BCUT2D eigenvalue weighted by atomic mass is 16.5. The number of hydrogen-bond acceptors (Lipinski definition) is 3. The number of rotatable bonds is 3. The highest BCUT2D eigenvalue weighted by Gasteiger charge is 2.31. The molecular weight excluding hydrogens is 204 g/mol. The first-order chi connectivity index (χ1) is 7.70. The lowest BCUT2D eigenvalue weighted by Gasteiger charge is -2.26. The van der Waals surface area contributed by atoms with Crippen molar-refractivity contribution in [3.8, 4) is 0 Å². The van der Waals surface area contributed by atoms with Gasteiger partial charge >= 0.3 is 0 Å². The maximum absolute atomic E-state index is 11.9. The van der Waals surface area contributed by atoms with Gasteiger partial charge in [0.25, 0.3) is 0 Å². The third kappa shape index (κ3) is 2.95. The standard InChI is InChI=1S/C12H22N2O2/c1-12(5-3-7-16-12)9-14-11(15)10-4-2-6-13-8-10/h10,13H,2-9H2,1H3,(H,14,15). The molecule has 2 atom stereocenters. The molecule has 16 heavy (non-hydrogen) atoms. The van der Waals surface area contributed by atoms with Gasteiger partial charge in [0.05, 0.1) is 11.5 Å². The molecule has 0 spiro atoms. The van der Waals surface area contributed by atoms with Gasteiger partial charge in [-0.25, -0.2) is 0 Å². The molecule has 0 bridgehead atoms. The Labute approximate surface area is 97.1 Å². The molecule has 2 saturated heterocycles. The number of carbonyl (C=O) groups is 1. The summed E-state index contributed by atoms with van der Waals surface area (Å²) in [7, 11) is 0. The van der Waals surface area contributed by atoms with E-state index < -0.39 is 0 Å². The van der Waals surface area contributed by atoms with Crippen LogP contribution in [0.15, 0.2) is 0 Å². The van der Waals surface area contributed by atoms with Gasteiger partial charge in [-0.05, 0) is 39.2 Å². The molecular formula is C12H22N2O2. The molecule has 0 aromatic rings. The van der Waals surface area contributed by atoms with Crippen LogP contribution in [0.5, 0.6) is 0 Å². The molecule has 2 fully saturated rings. The van der Waals surface area contributed by atoms with Gasteiger partial charge < -0.3 is 15.4 Å². The summed E-state index contributed by atoms with van der Waals surface area (Å²) in [5.41, 5.74) is -0.127. The summed E-state index contributed by atoms with van der Waals surface area (Å²) in [4.78, 5) is 11.9. The van der Waals surface area contributed by atoms with Crippen LogP contribution in [0, 0.1) is 5.92 Å². The van der Waals surface area contributed by atoms with Crippen molar-refractivity contribution in [1.82, 2.24) is 10.6 Å². The van der Waals surface area contributed by atoms with Crippen LogP contribution in [-0.4, -0.2) is 37.7 Å². The van der Waals surface area contributed by atoms with Crippen molar-refractivity contribution in [2.75, 3.05) is 26.2 Å². The van der Waals surface area contributed by atoms with Crippen molar-refractivity contribution in [3.05, 3.63) is 0 Å². The van der Waals surface area contributed by atoms with Crippen LogP contribution in [0.2, 0.25) is 0 Å². The minimum atomic E-state index is -0.127. The molecule has 2 rings (SSSR count). The van der Waals surface area contributed by atoms with Gasteiger partial charge in [-0.3, -0.25) is 4.79 Å². The molecule has 0 aromatic carbocycles. The molecule has 4 heteroatoms. The van der Waals surface area contributed by atoms with Gasteiger partial charge in [0.15, 0.2) is 0 Å². The Balaban J connectivity index is 1.74. The van der Waals surface area contributed by atoms with Gasteiger partial charge in [0.2, 0.25) is 5.91 Å². The second-order valence-corrected chi connectivity index (χ2v) is 5.16. The smallest absolute Gasteiger partial charge is 0.224 e. The Hall–Kier alpha value is -0.610. The Kier molecular flexibility index (Phi) is 3.82. The summed E-state index contributed by atoms with van der Waals surface area (Å²) in [6, 6.07) is 0.